The molecular weight excluding hydrogens is 328 g/mol. The minimum atomic E-state index is -0.604. The summed E-state index contributed by atoms with van der Waals surface area (Å²) in [5, 5.41) is 10.6. The summed E-state index contributed by atoms with van der Waals surface area (Å²) in [5.41, 5.74) is 2.32. The van der Waals surface area contributed by atoms with E-state index in [1.807, 2.05) is 36.4 Å². The zero-order valence-corrected chi connectivity index (χ0v) is 15.7. The van der Waals surface area contributed by atoms with Gasteiger partial charge in [-0.3, -0.25) is 0 Å². The van der Waals surface area contributed by atoms with E-state index in [1.165, 1.54) is 11.3 Å². The number of rotatable bonds is 8. The van der Waals surface area contributed by atoms with E-state index in [1.54, 1.807) is 7.11 Å². The third-order valence-corrected chi connectivity index (χ3v) is 4.58. The van der Waals surface area contributed by atoms with Gasteiger partial charge in [-0.2, -0.15) is 0 Å². The summed E-state index contributed by atoms with van der Waals surface area (Å²) in [6.45, 7) is 2.90. The molecule has 2 aromatic carbocycles. The minimum absolute atomic E-state index is 0.231. The molecule has 138 valence electrons. The molecule has 0 saturated carbocycles. The fraction of sp³-hybridized carbons (Fsp3) is 0.381. The zero-order valence-electron chi connectivity index (χ0n) is 15.7. The molecule has 0 aliphatic rings. The average Bonchev–Trinajstić information content (AvgIpc) is 2.93. The molecule has 0 bridgehead atoms. The molecule has 0 saturated heterocycles. The molecule has 0 fully saturated rings. The monoisotopic (exact) mass is 355 g/mol. The SMILES string of the molecule is CCCc1n(C[C@@H](O)COc2cccc(OC)c2)c2ccccc2[n+]1C. The van der Waals surface area contributed by atoms with Crippen LogP contribution in [0.4, 0.5) is 0 Å². The number of methoxy groups -OCH3 is 1. The minimum Gasteiger partial charge on any atom is -0.497 e. The molecule has 5 nitrogen and oxygen atoms in total. The van der Waals surface area contributed by atoms with Crippen molar-refractivity contribution in [3.8, 4) is 11.5 Å². The van der Waals surface area contributed by atoms with Crippen LogP contribution in [-0.4, -0.2) is 29.5 Å². The van der Waals surface area contributed by atoms with Gasteiger partial charge < -0.3 is 14.6 Å². The zero-order chi connectivity index (χ0) is 18.5. The maximum Gasteiger partial charge on any atom is 0.257 e. The fourth-order valence-corrected chi connectivity index (χ4v) is 3.31. The Kier molecular flexibility index (Phi) is 5.78. The molecule has 3 aromatic rings. The number of fused-ring (bicyclic) bond motifs is 1. The first-order valence-corrected chi connectivity index (χ1v) is 9.05. The van der Waals surface area contributed by atoms with Crippen LogP contribution in [0.2, 0.25) is 0 Å². The van der Waals surface area contributed by atoms with E-state index in [0.29, 0.717) is 12.3 Å². The lowest BCUT2D eigenvalue weighted by Gasteiger charge is -2.12. The molecule has 1 aromatic heterocycles. The molecule has 0 radical (unpaired) electrons. The van der Waals surface area contributed by atoms with Crippen molar-refractivity contribution in [1.82, 2.24) is 4.57 Å². The Bertz CT molecular complexity index is 873. The van der Waals surface area contributed by atoms with Crippen LogP contribution in [0.3, 0.4) is 0 Å². The van der Waals surface area contributed by atoms with Gasteiger partial charge in [-0.15, -0.1) is 0 Å². The van der Waals surface area contributed by atoms with Crippen LogP contribution in [-0.2, 0) is 20.0 Å². The maximum atomic E-state index is 10.6. The van der Waals surface area contributed by atoms with Crippen LogP contribution in [0.1, 0.15) is 19.2 Å². The molecule has 3 rings (SSSR count). The van der Waals surface area contributed by atoms with Gasteiger partial charge in [-0.05, 0) is 30.7 Å². The number of aryl methyl sites for hydroxylation is 1. The second-order valence-corrected chi connectivity index (χ2v) is 6.47. The van der Waals surface area contributed by atoms with Crippen LogP contribution in [0.25, 0.3) is 11.0 Å². The number of aliphatic hydroxyl groups is 1. The predicted molar refractivity (Wildman–Crippen MR) is 102 cm³/mol. The van der Waals surface area contributed by atoms with E-state index in [-0.39, 0.29) is 6.61 Å². The quantitative estimate of drug-likeness (QED) is 0.632. The molecule has 0 amide bonds. The Morgan fingerprint density at radius 3 is 2.65 bits per heavy atom. The predicted octanol–water partition coefficient (Wildman–Crippen LogP) is 2.87. The molecule has 26 heavy (non-hydrogen) atoms. The van der Waals surface area contributed by atoms with E-state index in [0.717, 1.165) is 24.1 Å². The Labute approximate surface area is 154 Å². The summed E-state index contributed by atoms with van der Waals surface area (Å²) < 4.78 is 15.4. The summed E-state index contributed by atoms with van der Waals surface area (Å²) in [6.07, 6.45) is 1.42. The van der Waals surface area contributed by atoms with Gasteiger partial charge in [0.05, 0.1) is 14.2 Å². The van der Waals surface area contributed by atoms with Crippen LogP contribution < -0.4 is 14.0 Å². The number of para-hydroxylation sites is 2. The van der Waals surface area contributed by atoms with Gasteiger partial charge >= 0.3 is 0 Å². The number of benzene rings is 2. The molecule has 1 atom stereocenters. The van der Waals surface area contributed by atoms with Crippen molar-refractivity contribution in [2.24, 2.45) is 7.05 Å². The molecular formula is C21H27N2O3+. The number of hydrogen-bond acceptors (Lipinski definition) is 3. The van der Waals surface area contributed by atoms with Crippen molar-refractivity contribution in [1.29, 1.82) is 0 Å². The van der Waals surface area contributed by atoms with Gasteiger partial charge in [0.1, 0.15) is 30.8 Å². The summed E-state index contributed by atoms with van der Waals surface area (Å²) >= 11 is 0. The molecule has 0 spiro atoms. The highest BCUT2D eigenvalue weighted by Crippen LogP contribution is 2.20. The summed E-state index contributed by atoms with van der Waals surface area (Å²) in [7, 11) is 3.71. The Balaban J connectivity index is 1.76. The third-order valence-electron chi connectivity index (χ3n) is 4.58. The molecule has 0 aliphatic carbocycles. The lowest BCUT2D eigenvalue weighted by Crippen LogP contribution is -2.34. The van der Waals surface area contributed by atoms with Crippen LogP contribution in [0.5, 0.6) is 11.5 Å². The first kappa shape index (κ1) is 18.3. The van der Waals surface area contributed by atoms with Crippen molar-refractivity contribution < 1.29 is 19.1 Å². The lowest BCUT2D eigenvalue weighted by atomic mass is 10.3. The Hall–Kier alpha value is -2.53. The van der Waals surface area contributed by atoms with E-state index < -0.39 is 6.10 Å². The van der Waals surface area contributed by atoms with Gasteiger partial charge in [0, 0.05) is 12.5 Å². The van der Waals surface area contributed by atoms with Crippen molar-refractivity contribution >= 4 is 11.0 Å². The first-order chi connectivity index (χ1) is 12.6. The third kappa shape index (κ3) is 3.83. The Morgan fingerprint density at radius 1 is 1.12 bits per heavy atom. The number of imidazole rings is 1. The van der Waals surface area contributed by atoms with Crippen LogP contribution >= 0.6 is 0 Å². The molecule has 1 N–H and O–H groups in total. The van der Waals surface area contributed by atoms with Crippen molar-refractivity contribution in [2.75, 3.05) is 13.7 Å². The second-order valence-electron chi connectivity index (χ2n) is 6.47. The standard InChI is InChI=1S/C21H27N2O3/c1-4-8-21-22(2)19-11-5-6-12-20(19)23(21)14-16(24)15-26-18-10-7-9-17(13-18)25-3/h5-7,9-13,16,24H,4,8,14-15H2,1-3H3/q+1/t16-/m1/s1. The van der Waals surface area contributed by atoms with Gasteiger partial charge in [0.15, 0.2) is 11.0 Å². The number of hydrogen-bond donors (Lipinski definition) is 1. The highest BCUT2D eigenvalue weighted by atomic mass is 16.5. The average molecular weight is 355 g/mol. The molecule has 1 heterocycles. The van der Waals surface area contributed by atoms with E-state index >= 15 is 0 Å². The second kappa shape index (κ2) is 8.23. The smallest absolute Gasteiger partial charge is 0.257 e. The topological polar surface area (TPSA) is 47.5 Å². The summed E-state index contributed by atoms with van der Waals surface area (Å²) in [6, 6.07) is 15.7. The highest BCUT2D eigenvalue weighted by Gasteiger charge is 2.23. The van der Waals surface area contributed by atoms with Gasteiger partial charge in [0.25, 0.3) is 5.82 Å². The van der Waals surface area contributed by atoms with Crippen molar-refractivity contribution in [3.63, 3.8) is 0 Å². The van der Waals surface area contributed by atoms with E-state index in [2.05, 4.69) is 35.2 Å². The van der Waals surface area contributed by atoms with E-state index in [9.17, 15) is 5.11 Å². The van der Waals surface area contributed by atoms with E-state index in [4.69, 9.17) is 9.47 Å². The highest BCUT2D eigenvalue weighted by molar-refractivity contribution is 5.72. The first-order valence-electron chi connectivity index (χ1n) is 9.05. The molecule has 5 heteroatoms. The normalized spacial score (nSPS) is 12.3. The molecule has 0 aliphatic heterocycles. The summed E-state index contributed by atoms with van der Waals surface area (Å²) in [5.74, 6) is 2.65. The maximum absolute atomic E-state index is 10.6. The number of aliphatic hydroxyl groups excluding tert-OH is 1. The fourth-order valence-electron chi connectivity index (χ4n) is 3.31. The van der Waals surface area contributed by atoms with Crippen molar-refractivity contribution in [2.45, 2.75) is 32.4 Å². The number of nitrogens with zero attached hydrogens (tertiary/aromatic N) is 2. The van der Waals surface area contributed by atoms with Gasteiger partial charge in [0.2, 0.25) is 0 Å². The largest absolute Gasteiger partial charge is 0.497 e. The van der Waals surface area contributed by atoms with Crippen molar-refractivity contribution in [3.05, 3.63) is 54.4 Å². The Morgan fingerprint density at radius 2 is 1.88 bits per heavy atom. The number of aromatic nitrogens is 2. The summed E-state index contributed by atoms with van der Waals surface area (Å²) in [4.78, 5) is 0. The van der Waals surface area contributed by atoms with Crippen LogP contribution in [0, 0.1) is 0 Å². The van der Waals surface area contributed by atoms with Crippen LogP contribution in [0.15, 0.2) is 48.5 Å². The van der Waals surface area contributed by atoms with Gasteiger partial charge in [-0.25, -0.2) is 9.13 Å². The molecule has 0 unspecified atom stereocenters. The van der Waals surface area contributed by atoms with Gasteiger partial charge in [-0.1, -0.05) is 25.1 Å². The number of ether oxygens (including phenoxy) is 2. The lowest BCUT2D eigenvalue weighted by molar-refractivity contribution is -0.654.